The number of nitrogens with zero attached hydrogens (tertiary/aromatic N) is 5. The van der Waals surface area contributed by atoms with Crippen LogP contribution in [-0.4, -0.2) is 50.0 Å². The first-order chi connectivity index (χ1) is 12.2. The molecule has 1 unspecified atom stereocenters. The summed E-state index contributed by atoms with van der Waals surface area (Å²) in [5.74, 6) is 0.895. The van der Waals surface area contributed by atoms with E-state index in [1.807, 2.05) is 34.8 Å². The molecule has 1 atom stereocenters. The number of nitrogens with one attached hydrogen (secondary N) is 1. The highest BCUT2D eigenvalue weighted by molar-refractivity contribution is 7.16. The average molecular weight is 354 g/mol. The number of carbonyl (C=O) groups excluding carboxylic acids is 1. The molecule has 0 aliphatic carbocycles. The second-order valence-corrected chi connectivity index (χ2v) is 6.91. The summed E-state index contributed by atoms with van der Waals surface area (Å²) in [5, 5.41) is 4.18. The number of rotatable bonds is 3. The topological polar surface area (TPSA) is 75.9 Å². The maximum absolute atomic E-state index is 13.1. The quantitative estimate of drug-likeness (QED) is 0.775. The van der Waals surface area contributed by atoms with E-state index in [0.717, 1.165) is 22.9 Å². The Morgan fingerprint density at radius 3 is 2.88 bits per heavy atom. The van der Waals surface area contributed by atoms with Gasteiger partial charge in [0.15, 0.2) is 0 Å². The standard InChI is InChI=1S/C17H18N6OS/c1-22-8-7-20-15(22)13-10-19-6-9-23(13)17(24)14-11-21-16(25-14)12-2-4-18-5-3-12/h2-5,7-8,11,13,19H,6,9-10H2,1H3. The second kappa shape index (κ2) is 6.73. The van der Waals surface area contributed by atoms with Crippen LogP contribution >= 0.6 is 11.3 Å². The Kier molecular flexibility index (Phi) is 4.29. The van der Waals surface area contributed by atoms with Crippen molar-refractivity contribution in [3.8, 4) is 10.6 Å². The molecule has 3 aromatic rings. The van der Waals surface area contributed by atoms with Gasteiger partial charge in [0.05, 0.1) is 6.20 Å². The predicted octanol–water partition coefficient (Wildman–Crippen LogP) is 1.73. The van der Waals surface area contributed by atoms with E-state index in [-0.39, 0.29) is 11.9 Å². The molecule has 4 rings (SSSR count). The van der Waals surface area contributed by atoms with Crippen molar-refractivity contribution in [1.29, 1.82) is 0 Å². The van der Waals surface area contributed by atoms with Crippen LogP contribution in [0.3, 0.4) is 0 Å². The van der Waals surface area contributed by atoms with Crippen molar-refractivity contribution in [2.75, 3.05) is 19.6 Å². The van der Waals surface area contributed by atoms with Gasteiger partial charge in [0.25, 0.3) is 5.91 Å². The van der Waals surface area contributed by atoms with Crippen LogP contribution in [0.25, 0.3) is 10.6 Å². The number of aryl methyl sites for hydroxylation is 1. The molecule has 1 aliphatic rings. The lowest BCUT2D eigenvalue weighted by molar-refractivity contribution is 0.0625. The van der Waals surface area contributed by atoms with Crippen LogP contribution < -0.4 is 5.32 Å². The third-order valence-corrected chi connectivity index (χ3v) is 5.34. The molecule has 0 bridgehead atoms. The number of amides is 1. The van der Waals surface area contributed by atoms with Crippen molar-refractivity contribution in [2.24, 2.45) is 7.05 Å². The number of aromatic nitrogens is 4. The maximum Gasteiger partial charge on any atom is 0.266 e. The molecule has 1 fully saturated rings. The van der Waals surface area contributed by atoms with Gasteiger partial charge < -0.3 is 14.8 Å². The van der Waals surface area contributed by atoms with E-state index in [9.17, 15) is 4.79 Å². The Morgan fingerprint density at radius 2 is 2.12 bits per heavy atom. The van der Waals surface area contributed by atoms with Crippen molar-refractivity contribution in [3.63, 3.8) is 0 Å². The molecular formula is C17H18N6OS. The maximum atomic E-state index is 13.1. The van der Waals surface area contributed by atoms with Gasteiger partial charge in [0.1, 0.15) is 21.8 Å². The predicted molar refractivity (Wildman–Crippen MR) is 95.2 cm³/mol. The van der Waals surface area contributed by atoms with Crippen molar-refractivity contribution < 1.29 is 4.79 Å². The summed E-state index contributed by atoms with van der Waals surface area (Å²) in [6.45, 7) is 2.13. The number of hydrogen-bond donors (Lipinski definition) is 1. The molecule has 1 aliphatic heterocycles. The van der Waals surface area contributed by atoms with Gasteiger partial charge in [-0.15, -0.1) is 11.3 Å². The summed E-state index contributed by atoms with van der Waals surface area (Å²) >= 11 is 1.41. The Bertz CT molecular complexity index is 874. The van der Waals surface area contributed by atoms with Crippen molar-refractivity contribution in [3.05, 3.63) is 53.8 Å². The molecule has 25 heavy (non-hydrogen) atoms. The normalized spacial score (nSPS) is 17.6. The van der Waals surface area contributed by atoms with Crippen LogP contribution in [0.5, 0.6) is 0 Å². The van der Waals surface area contributed by atoms with Gasteiger partial charge in [-0.05, 0) is 12.1 Å². The summed E-state index contributed by atoms with van der Waals surface area (Å²) in [6.07, 6.45) is 8.79. The zero-order valence-corrected chi connectivity index (χ0v) is 14.6. The molecule has 1 N–H and O–H groups in total. The summed E-state index contributed by atoms with van der Waals surface area (Å²) < 4.78 is 1.97. The van der Waals surface area contributed by atoms with Crippen LogP contribution in [0.1, 0.15) is 21.5 Å². The lowest BCUT2D eigenvalue weighted by Gasteiger charge is -2.35. The van der Waals surface area contributed by atoms with Gasteiger partial charge in [0.2, 0.25) is 0 Å². The third kappa shape index (κ3) is 3.06. The third-order valence-electron chi connectivity index (χ3n) is 4.30. The number of thiazole rings is 1. The van der Waals surface area contributed by atoms with Gasteiger partial charge in [-0.3, -0.25) is 9.78 Å². The van der Waals surface area contributed by atoms with E-state index < -0.39 is 0 Å². The van der Waals surface area contributed by atoms with E-state index in [0.29, 0.717) is 18.0 Å². The SMILES string of the molecule is Cn1ccnc1C1CNCCN1C(=O)c1cnc(-c2ccncc2)s1. The highest BCUT2D eigenvalue weighted by atomic mass is 32.1. The first-order valence-electron chi connectivity index (χ1n) is 8.09. The second-order valence-electron chi connectivity index (χ2n) is 5.88. The molecule has 1 amide bonds. The molecule has 128 valence electrons. The molecule has 8 heteroatoms. The van der Waals surface area contributed by atoms with Gasteiger partial charge in [0, 0.05) is 57.0 Å². The number of carbonyl (C=O) groups is 1. The molecule has 0 aromatic carbocycles. The summed E-state index contributed by atoms with van der Waals surface area (Å²) in [6, 6.07) is 3.72. The molecule has 3 aromatic heterocycles. The molecule has 0 spiro atoms. The van der Waals surface area contributed by atoms with Crippen molar-refractivity contribution >= 4 is 17.2 Å². The van der Waals surface area contributed by atoms with Crippen molar-refractivity contribution in [2.45, 2.75) is 6.04 Å². The summed E-state index contributed by atoms with van der Waals surface area (Å²) in [4.78, 5) is 28.5. The molecule has 4 heterocycles. The Labute approximate surface area is 149 Å². The molecule has 7 nitrogen and oxygen atoms in total. The number of hydrogen-bond acceptors (Lipinski definition) is 6. The van der Waals surface area contributed by atoms with Gasteiger partial charge >= 0.3 is 0 Å². The fourth-order valence-electron chi connectivity index (χ4n) is 3.02. The molecule has 1 saturated heterocycles. The fourth-order valence-corrected chi connectivity index (χ4v) is 3.90. The van der Waals surface area contributed by atoms with E-state index in [1.165, 1.54) is 11.3 Å². The summed E-state index contributed by atoms with van der Waals surface area (Å²) in [7, 11) is 1.95. The van der Waals surface area contributed by atoms with Crippen LogP contribution in [0.2, 0.25) is 0 Å². The smallest absolute Gasteiger partial charge is 0.266 e. The van der Waals surface area contributed by atoms with E-state index in [4.69, 9.17) is 0 Å². The number of pyridine rings is 1. The molecule has 0 saturated carbocycles. The zero-order chi connectivity index (χ0) is 17.2. The van der Waals surface area contributed by atoms with Crippen LogP contribution in [0, 0.1) is 0 Å². The van der Waals surface area contributed by atoms with Crippen LogP contribution in [0.4, 0.5) is 0 Å². The first kappa shape index (κ1) is 15.9. The Morgan fingerprint density at radius 1 is 1.28 bits per heavy atom. The largest absolute Gasteiger partial charge is 0.336 e. The minimum Gasteiger partial charge on any atom is -0.336 e. The minimum atomic E-state index is -0.0762. The van der Waals surface area contributed by atoms with Crippen LogP contribution in [0.15, 0.2) is 43.1 Å². The number of piperazine rings is 1. The molecular weight excluding hydrogens is 336 g/mol. The number of imidazole rings is 1. The monoisotopic (exact) mass is 354 g/mol. The minimum absolute atomic E-state index is 0.00676. The van der Waals surface area contributed by atoms with Gasteiger partial charge in [-0.1, -0.05) is 0 Å². The van der Waals surface area contributed by atoms with Gasteiger partial charge in [-0.25, -0.2) is 9.97 Å². The fraction of sp³-hybridized carbons (Fsp3) is 0.294. The average Bonchev–Trinajstić information content (AvgIpc) is 3.31. The highest BCUT2D eigenvalue weighted by Crippen LogP contribution is 2.28. The summed E-state index contributed by atoms with van der Waals surface area (Å²) in [5.41, 5.74) is 0.972. The zero-order valence-electron chi connectivity index (χ0n) is 13.8. The van der Waals surface area contributed by atoms with E-state index >= 15 is 0 Å². The first-order valence-corrected chi connectivity index (χ1v) is 8.91. The van der Waals surface area contributed by atoms with Crippen molar-refractivity contribution in [1.82, 2.24) is 29.7 Å². The Balaban J connectivity index is 1.61. The lowest BCUT2D eigenvalue weighted by Crippen LogP contribution is -2.49. The highest BCUT2D eigenvalue weighted by Gasteiger charge is 2.31. The molecule has 0 radical (unpaired) electrons. The van der Waals surface area contributed by atoms with E-state index in [2.05, 4.69) is 20.3 Å². The van der Waals surface area contributed by atoms with Gasteiger partial charge in [-0.2, -0.15) is 0 Å². The van der Waals surface area contributed by atoms with E-state index in [1.54, 1.807) is 24.8 Å². The lowest BCUT2D eigenvalue weighted by atomic mass is 10.1. The van der Waals surface area contributed by atoms with Crippen LogP contribution in [-0.2, 0) is 7.05 Å². The Hall–Kier alpha value is -2.58.